The highest BCUT2D eigenvalue weighted by atomic mass is 19.2. The Morgan fingerprint density at radius 1 is 1.21 bits per heavy atom. The predicted octanol–water partition coefficient (Wildman–Crippen LogP) is 2.95. The number of nitrogens with two attached hydrogens (primary N) is 1. The van der Waals surface area contributed by atoms with Crippen LogP contribution in [-0.4, -0.2) is 28.2 Å². The van der Waals surface area contributed by atoms with Crippen molar-refractivity contribution in [3.8, 4) is 5.75 Å². The zero-order valence-corrected chi connectivity index (χ0v) is 15.3. The maximum absolute atomic E-state index is 14.3. The molecule has 1 amide bonds. The number of primary amides is 1. The normalized spacial score (nSPS) is 15.4. The minimum atomic E-state index is -1.13. The molecule has 2 aromatic carbocycles. The van der Waals surface area contributed by atoms with E-state index in [1.165, 1.54) is 12.1 Å². The molecule has 3 aromatic rings. The van der Waals surface area contributed by atoms with Crippen molar-refractivity contribution in [1.29, 1.82) is 0 Å². The summed E-state index contributed by atoms with van der Waals surface area (Å²) in [5, 5.41) is 9.54. The largest absolute Gasteiger partial charge is 0.481 e. The Morgan fingerprint density at radius 2 is 1.97 bits per heavy atom. The van der Waals surface area contributed by atoms with Crippen molar-refractivity contribution in [2.75, 3.05) is 6.61 Å². The first-order valence-corrected chi connectivity index (χ1v) is 9.09. The van der Waals surface area contributed by atoms with Crippen LogP contribution < -0.4 is 10.5 Å². The fourth-order valence-electron chi connectivity index (χ4n) is 4.09. The van der Waals surface area contributed by atoms with Gasteiger partial charge in [0.15, 0.2) is 18.2 Å². The molecule has 1 unspecified atom stereocenters. The number of hydrogen-bond donors (Lipinski definition) is 2. The first-order valence-electron chi connectivity index (χ1n) is 9.09. The topological polar surface area (TPSA) is 94.6 Å². The molecule has 0 aliphatic heterocycles. The van der Waals surface area contributed by atoms with E-state index in [4.69, 9.17) is 15.6 Å². The molecule has 8 heteroatoms. The van der Waals surface area contributed by atoms with Gasteiger partial charge in [-0.15, -0.1) is 0 Å². The smallest absolute Gasteiger partial charge is 0.341 e. The van der Waals surface area contributed by atoms with Crippen molar-refractivity contribution in [3.05, 3.63) is 64.9 Å². The monoisotopic (exact) mass is 400 g/mol. The van der Waals surface area contributed by atoms with Crippen LogP contribution in [0.2, 0.25) is 0 Å². The summed E-state index contributed by atoms with van der Waals surface area (Å²) in [6, 6.07) is 9.07. The van der Waals surface area contributed by atoms with Crippen LogP contribution in [0.5, 0.6) is 5.75 Å². The highest BCUT2D eigenvalue weighted by Gasteiger charge is 2.34. The first kappa shape index (κ1) is 18.9. The number of nitrogens with zero attached hydrogens (tertiary/aromatic N) is 1. The highest BCUT2D eigenvalue weighted by Crippen LogP contribution is 2.44. The summed E-state index contributed by atoms with van der Waals surface area (Å²) < 4.78 is 35.2. The van der Waals surface area contributed by atoms with Crippen molar-refractivity contribution in [1.82, 2.24) is 4.57 Å². The minimum absolute atomic E-state index is 0.0588. The van der Waals surface area contributed by atoms with Gasteiger partial charge in [0.05, 0.1) is 18.0 Å². The molecule has 3 N–H and O–H groups in total. The van der Waals surface area contributed by atoms with Gasteiger partial charge in [0.2, 0.25) is 5.91 Å². The average molecular weight is 400 g/mol. The van der Waals surface area contributed by atoms with Crippen LogP contribution in [0.15, 0.2) is 36.4 Å². The van der Waals surface area contributed by atoms with Crippen molar-refractivity contribution < 1.29 is 28.2 Å². The summed E-state index contributed by atoms with van der Waals surface area (Å²) in [4.78, 5) is 23.0. The number of carbonyl (C=O) groups excluding carboxylic acids is 1. The highest BCUT2D eigenvalue weighted by molar-refractivity contribution is 5.97. The number of rotatable bonds is 6. The SMILES string of the molecule is NC(=O)C1CCc2c1c1c(OCC(=O)O)cccc1n2Cc1cccc(F)c1F. The molecule has 0 radical (unpaired) electrons. The Morgan fingerprint density at radius 3 is 2.69 bits per heavy atom. The van der Waals surface area contributed by atoms with Gasteiger partial charge in [-0.05, 0) is 36.6 Å². The summed E-state index contributed by atoms with van der Waals surface area (Å²) >= 11 is 0. The van der Waals surface area contributed by atoms with Crippen LogP contribution in [0.4, 0.5) is 8.78 Å². The van der Waals surface area contributed by atoms with Gasteiger partial charge in [-0.3, -0.25) is 4.79 Å². The molecular weight excluding hydrogens is 382 g/mol. The number of amides is 1. The maximum Gasteiger partial charge on any atom is 0.341 e. The molecule has 150 valence electrons. The molecule has 1 heterocycles. The van der Waals surface area contributed by atoms with Gasteiger partial charge in [0.25, 0.3) is 0 Å². The molecule has 6 nitrogen and oxygen atoms in total. The predicted molar refractivity (Wildman–Crippen MR) is 101 cm³/mol. The van der Waals surface area contributed by atoms with Gasteiger partial charge in [0.1, 0.15) is 5.75 Å². The van der Waals surface area contributed by atoms with Gasteiger partial charge in [0, 0.05) is 16.6 Å². The fourth-order valence-corrected chi connectivity index (χ4v) is 4.09. The third kappa shape index (κ3) is 3.20. The number of hydrogen-bond acceptors (Lipinski definition) is 3. The lowest BCUT2D eigenvalue weighted by molar-refractivity contribution is -0.139. The number of aromatic nitrogens is 1. The second-order valence-electron chi connectivity index (χ2n) is 6.99. The second-order valence-corrected chi connectivity index (χ2v) is 6.99. The summed E-state index contributed by atoms with van der Waals surface area (Å²) in [7, 11) is 0. The Labute approximate surface area is 164 Å². The van der Waals surface area contributed by atoms with Gasteiger partial charge < -0.3 is 20.1 Å². The molecule has 0 fully saturated rings. The van der Waals surface area contributed by atoms with Crippen molar-refractivity contribution in [2.45, 2.75) is 25.3 Å². The average Bonchev–Trinajstić information content (AvgIpc) is 3.23. The zero-order chi connectivity index (χ0) is 20.7. The van der Waals surface area contributed by atoms with E-state index >= 15 is 0 Å². The number of aliphatic carboxylic acids is 1. The van der Waals surface area contributed by atoms with Gasteiger partial charge in [-0.1, -0.05) is 18.2 Å². The fraction of sp³-hybridized carbons (Fsp3) is 0.238. The Hall–Kier alpha value is -3.42. The minimum Gasteiger partial charge on any atom is -0.481 e. The van der Waals surface area contributed by atoms with Gasteiger partial charge >= 0.3 is 5.97 Å². The Balaban J connectivity index is 1.91. The number of ether oxygens (including phenoxy) is 1. The molecule has 1 atom stereocenters. The standard InChI is InChI=1S/C21H18F2N2O4/c22-13-4-1-3-11(20(13)23)9-25-14-5-2-6-16(29-10-17(26)27)19(14)18-12(21(24)28)7-8-15(18)25/h1-6,12H,7-10H2,(H2,24,28)(H,26,27). The lowest BCUT2D eigenvalue weighted by atomic mass is 9.99. The number of fused-ring (bicyclic) bond motifs is 3. The molecule has 29 heavy (non-hydrogen) atoms. The van der Waals surface area contributed by atoms with E-state index in [1.807, 2.05) is 4.57 Å². The summed E-state index contributed by atoms with van der Waals surface area (Å²) in [6.07, 6.45) is 1.03. The lowest BCUT2D eigenvalue weighted by Gasteiger charge is -2.12. The number of carboxylic acids is 1. The second kappa shape index (κ2) is 7.20. The third-order valence-corrected chi connectivity index (χ3v) is 5.27. The van der Waals surface area contributed by atoms with Crippen molar-refractivity contribution in [2.24, 2.45) is 5.73 Å². The van der Waals surface area contributed by atoms with Crippen LogP contribution in [0.25, 0.3) is 10.9 Å². The molecule has 0 saturated heterocycles. The number of halogens is 2. The maximum atomic E-state index is 14.3. The molecule has 1 aliphatic carbocycles. The number of carbonyl (C=O) groups is 2. The van der Waals surface area contributed by atoms with Crippen LogP contribution in [0.3, 0.4) is 0 Å². The zero-order valence-electron chi connectivity index (χ0n) is 15.3. The number of benzene rings is 2. The van der Waals surface area contributed by atoms with E-state index in [-0.39, 0.29) is 12.1 Å². The van der Waals surface area contributed by atoms with E-state index in [2.05, 4.69) is 0 Å². The van der Waals surface area contributed by atoms with E-state index in [0.29, 0.717) is 35.1 Å². The van der Waals surface area contributed by atoms with E-state index in [9.17, 15) is 18.4 Å². The van der Waals surface area contributed by atoms with E-state index in [0.717, 1.165) is 11.8 Å². The molecule has 4 rings (SSSR count). The van der Waals surface area contributed by atoms with E-state index < -0.39 is 36.0 Å². The summed E-state index contributed by atoms with van der Waals surface area (Å²) in [6.45, 7) is -0.484. The first-order chi connectivity index (χ1) is 13.9. The van der Waals surface area contributed by atoms with E-state index in [1.54, 1.807) is 18.2 Å². The van der Waals surface area contributed by atoms with Crippen LogP contribution in [0, 0.1) is 11.6 Å². The molecule has 0 bridgehead atoms. The Kier molecular flexibility index (Phi) is 4.70. The molecule has 0 saturated carbocycles. The summed E-state index contributed by atoms with van der Waals surface area (Å²) in [5.41, 5.74) is 7.87. The van der Waals surface area contributed by atoms with Gasteiger partial charge in [-0.25, -0.2) is 13.6 Å². The number of carboxylic acid groups (broad SMARTS) is 1. The molecular formula is C21H18F2N2O4. The quantitative estimate of drug-likeness (QED) is 0.665. The van der Waals surface area contributed by atoms with Crippen LogP contribution in [-0.2, 0) is 22.6 Å². The van der Waals surface area contributed by atoms with Crippen LogP contribution >= 0.6 is 0 Å². The van der Waals surface area contributed by atoms with Crippen molar-refractivity contribution in [3.63, 3.8) is 0 Å². The Bertz CT molecular complexity index is 1140. The molecule has 1 aliphatic rings. The molecule has 0 spiro atoms. The van der Waals surface area contributed by atoms with Gasteiger partial charge in [-0.2, -0.15) is 0 Å². The third-order valence-electron chi connectivity index (χ3n) is 5.27. The van der Waals surface area contributed by atoms with Crippen LogP contribution in [0.1, 0.15) is 29.2 Å². The summed E-state index contributed by atoms with van der Waals surface area (Å²) in [5.74, 6) is -3.73. The molecule has 1 aromatic heterocycles. The van der Waals surface area contributed by atoms with Crippen molar-refractivity contribution >= 4 is 22.8 Å². The lowest BCUT2D eigenvalue weighted by Crippen LogP contribution is -2.19.